The third kappa shape index (κ3) is 4.42. The van der Waals surface area contributed by atoms with Gasteiger partial charge in [-0.1, -0.05) is 41.1 Å². The fourth-order valence-corrected chi connectivity index (χ4v) is 3.34. The van der Waals surface area contributed by atoms with E-state index in [1.165, 1.54) is 5.56 Å². The van der Waals surface area contributed by atoms with Gasteiger partial charge in [0.15, 0.2) is 11.0 Å². The first-order chi connectivity index (χ1) is 12.2. The molecule has 0 saturated carbocycles. The molecular weight excluding hydrogens is 354 g/mol. The van der Waals surface area contributed by atoms with E-state index in [4.69, 9.17) is 16.3 Å². The van der Waals surface area contributed by atoms with Crippen LogP contribution >= 0.6 is 23.4 Å². The van der Waals surface area contributed by atoms with E-state index in [0.29, 0.717) is 11.6 Å². The first-order valence-electron chi connectivity index (χ1n) is 8.18. The summed E-state index contributed by atoms with van der Waals surface area (Å²) >= 11 is 7.66. The fourth-order valence-electron chi connectivity index (χ4n) is 2.41. The zero-order valence-electron chi connectivity index (χ0n) is 14.3. The summed E-state index contributed by atoms with van der Waals surface area (Å²) in [5.74, 6) is 1.64. The summed E-state index contributed by atoms with van der Waals surface area (Å²) in [5.41, 5.74) is 3.24. The second kappa shape index (κ2) is 8.52. The molecule has 3 rings (SSSR count). The van der Waals surface area contributed by atoms with Gasteiger partial charge < -0.3 is 4.74 Å². The van der Waals surface area contributed by atoms with Crippen molar-refractivity contribution in [2.24, 2.45) is 0 Å². The lowest BCUT2D eigenvalue weighted by atomic mass is 10.2. The van der Waals surface area contributed by atoms with Crippen LogP contribution in [0.25, 0.3) is 17.1 Å². The Hall–Kier alpha value is -1.82. The molecule has 25 heavy (non-hydrogen) atoms. The molecule has 0 bridgehead atoms. The maximum absolute atomic E-state index is 6.02. The van der Waals surface area contributed by atoms with E-state index in [1.807, 2.05) is 31.2 Å². The third-order valence-corrected chi connectivity index (χ3v) is 4.84. The monoisotopic (exact) mass is 373 g/mol. The van der Waals surface area contributed by atoms with E-state index >= 15 is 0 Å². The summed E-state index contributed by atoms with van der Waals surface area (Å²) in [4.78, 5) is 0. The van der Waals surface area contributed by atoms with E-state index in [2.05, 4.69) is 46.0 Å². The van der Waals surface area contributed by atoms with Crippen LogP contribution in [0.5, 0.6) is 0 Å². The lowest BCUT2D eigenvalue weighted by molar-refractivity contribution is 0.164. The van der Waals surface area contributed by atoms with E-state index < -0.39 is 0 Å². The smallest absolute Gasteiger partial charge is 0.196 e. The molecule has 1 heterocycles. The Morgan fingerprint density at radius 2 is 1.76 bits per heavy atom. The number of hydrogen-bond acceptors (Lipinski definition) is 4. The summed E-state index contributed by atoms with van der Waals surface area (Å²) in [7, 11) is 0. The van der Waals surface area contributed by atoms with E-state index in [1.54, 1.807) is 11.8 Å². The van der Waals surface area contributed by atoms with Crippen molar-refractivity contribution in [2.45, 2.75) is 19.0 Å². The van der Waals surface area contributed by atoms with Crippen molar-refractivity contribution >= 4 is 23.4 Å². The molecule has 0 aliphatic rings. The van der Waals surface area contributed by atoms with Crippen LogP contribution in [-0.2, 0) is 4.74 Å². The average Bonchev–Trinajstić information content (AvgIpc) is 3.04. The van der Waals surface area contributed by atoms with E-state index in [-0.39, 0.29) is 0 Å². The van der Waals surface area contributed by atoms with Gasteiger partial charge in [-0.25, -0.2) is 0 Å². The van der Waals surface area contributed by atoms with Crippen LogP contribution in [-0.4, -0.2) is 33.7 Å². The summed E-state index contributed by atoms with van der Waals surface area (Å²) in [6, 6.07) is 16.0. The summed E-state index contributed by atoms with van der Waals surface area (Å²) in [6.45, 7) is 5.49. The molecule has 0 N–H and O–H groups in total. The molecule has 0 amide bonds. The SMILES string of the molecule is CCOCCSc1nnc(-c2ccc(Cl)cc2)n1-c1ccc(C)cc1. The summed E-state index contributed by atoms with van der Waals surface area (Å²) in [6.07, 6.45) is 0. The van der Waals surface area contributed by atoms with Gasteiger partial charge in [-0.15, -0.1) is 10.2 Å². The van der Waals surface area contributed by atoms with Gasteiger partial charge in [0.05, 0.1) is 6.61 Å². The summed E-state index contributed by atoms with van der Waals surface area (Å²) < 4.78 is 7.51. The third-order valence-electron chi connectivity index (χ3n) is 3.69. The van der Waals surface area contributed by atoms with Crippen LogP contribution in [0.15, 0.2) is 53.7 Å². The van der Waals surface area contributed by atoms with Gasteiger partial charge in [-0.3, -0.25) is 4.57 Å². The molecule has 4 nitrogen and oxygen atoms in total. The van der Waals surface area contributed by atoms with Gasteiger partial charge in [-0.2, -0.15) is 0 Å². The molecule has 0 unspecified atom stereocenters. The minimum Gasteiger partial charge on any atom is -0.381 e. The fraction of sp³-hybridized carbons (Fsp3) is 0.263. The van der Waals surface area contributed by atoms with Crippen molar-refractivity contribution in [1.29, 1.82) is 0 Å². The highest BCUT2D eigenvalue weighted by molar-refractivity contribution is 7.99. The second-order valence-corrected chi connectivity index (χ2v) is 7.03. The quantitative estimate of drug-likeness (QED) is 0.430. The molecule has 0 aliphatic carbocycles. The highest BCUT2D eigenvalue weighted by Crippen LogP contribution is 2.28. The van der Waals surface area contributed by atoms with Crippen molar-refractivity contribution in [3.63, 3.8) is 0 Å². The van der Waals surface area contributed by atoms with Gasteiger partial charge in [0, 0.05) is 28.6 Å². The number of thioether (sulfide) groups is 1. The molecule has 130 valence electrons. The molecule has 6 heteroatoms. The van der Waals surface area contributed by atoms with E-state index in [9.17, 15) is 0 Å². The van der Waals surface area contributed by atoms with Crippen LogP contribution in [0.1, 0.15) is 12.5 Å². The van der Waals surface area contributed by atoms with Crippen molar-refractivity contribution in [3.05, 3.63) is 59.1 Å². The minimum absolute atomic E-state index is 0.693. The molecule has 3 aromatic rings. The Labute approximate surface area is 157 Å². The number of ether oxygens (including phenoxy) is 1. The molecule has 2 aromatic carbocycles. The van der Waals surface area contributed by atoms with Crippen LogP contribution in [0, 0.1) is 6.92 Å². The number of benzene rings is 2. The highest BCUT2D eigenvalue weighted by atomic mass is 35.5. The van der Waals surface area contributed by atoms with Crippen molar-refractivity contribution < 1.29 is 4.74 Å². The van der Waals surface area contributed by atoms with Crippen LogP contribution in [0.2, 0.25) is 5.02 Å². The highest BCUT2D eigenvalue weighted by Gasteiger charge is 2.16. The predicted octanol–water partition coefficient (Wildman–Crippen LogP) is 5.02. The largest absolute Gasteiger partial charge is 0.381 e. The molecule has 0 aliphatic heterocycles. The lowest BCUT2D eigenvalue weighted by Crippen LogP contribution is -2.02. The van der Waals surface area contributed by atoms with Crippen LogP contribution in [0.3, 0.4) is 0 Å². The Balaban J connectivity index is 1.98. The lowest BCUT2D eigenvalue weighted by Gasteiger charge is -2.11. The van der Waals surface area contributed by atoms with Crippen molar-refractivity contribution in [1.82, 2.24) is 14.8 Å². The van der Waals surface area contributed by atoms with E-state index in [0.717, 1.165) is 34.6 Å². The van der Waals surface area contributed by atoms with Gasteiger partial charge in [0.1, 0.15) is 0 Å². The maximum atomic E-state index is 6.02. The van der Waals surface area contributed by atoms with Gasteiger partial charge in [-0.05, 0) is 50.2 Å². The molecule has 0 fully saturated rings. The predicted molar refractivity (Wildman–Crippen MR) is 104 cm³/mol. The minimum atomic E-state index is 0.693. The Morgan fingerprint density at radius 1 is 1.04 bits per heavy atom. The first kappa shape index (κ1) is 18.0. The number of rotatable bonds is 7. The van der Waals surface area contributed by atoms with Gasteiger partial charge >= 0.3 is 0 Å². The molecule has 1 aromatic heterocycles. The summed E-state index contributed by atoms with van der Waals surface area (Å²) in [5, 5.41) is 10.4. The Kier molecular flexibility index (Phi) is 6.13. The number of hydrogen-bond donors (Lipinski definition) is 0. The second-order valence-electron chi connectivity index (χ2n) is 5.53. The van der Waals surface area contributed by atoms with Crippen molar-refractivity contribution in [3.8, 4) is 17.1 Å². The number of nitrogens with zero attached hydrogens (tertiary/aromatic N) is 3. The molecule has 0 spiro atoms. The average molecular weight is 374 g/mol. The molecule has 0 atom stereocenters. The zero-order valence-corrected chi connectivity index (χ0v) is 15.8. The maximum Gasteiger partial charge on any atom is 0.196 e. The number of halogens is 1. The Morgan fingerprint density at radius 3 is 2.44 bits per heavy atom. The standard InChI is InChI=1S/C19H20ClN3OS/c1-3-24-12-13-25-19-22-21-18(15-6-8-16(20)9-7-15)23(19)17-10-4-14(2)5-11-17/h4-11H,3,12-13H2,1-2H3. The normalized spacial score (nSPS) is 11.0. The number of aryl methyl sites for hydroxylation is 1. The molecular formula is C19H20ClN3OS. The number of aromatic nitrogens is 3. The first-order valence-corrected chi connectivity index (χ1v) is 9.54. The van der Waals surface area contributed by atoms with Gasteiger partial charge in [0.2, 0.25) is 0 Å². The molecule has 0 radical (unpaired) electrons. The van der Waals surface area contributed by atoms with Crippen LogP contribution in [0.4, 0.5) is 0 Å². The van der Waals surface area contributed by atoms with Gasteiger partial charge in [0.25, 0.3) is 0 Å². The molecule has 0 saturated heterocycles. The van der Waals surface area contributed by atoms with Crippen LogP contribution < -0.4 is 0 Å². The zero-order chi connectivity index (χ0) is 17.6. The Bertz CT molecular complexity index is 816. The van der Waals surface area contributed by atoms with Crippen molar-refractivity contribution in [2.75, 3.05) is 19.0 Å². The topological polar surface area (TPSA) is 39.9 Å².